The van der Waals surface area contributed by atoms with Gasteiger partial charge < -0.3 is 28.2 Å². The summed E-state index contributed by atoms with van der Waals surface area (Å²) < 4.78 is 22.9. The Labute approximate surface area is 117 Å². The third-order valence-electron chi connectivity index (χ3n) is 2.50. The predicted molar refractivity (Wildman–Crippen MR) is 73.8 cm³/mol. The summed E-state index contributed by atoms with van der Waals surface area (Å²) in [6.45, 7) is 8.76. The van der Waals surface area contributed by atoms with Gasteiger partial charge in [-0.05, 0) is 27.2 Å². The number of aliphatic hydroxyl groups is 2. The highest BCUT2D eigenvalue weighted by Gasteiger charge is 2.49. The molecule has 19 heavy (non-hydrogen) atoms. The van der Waals surface area contributed by atoms with Crippen molar-refractivity contribution in [3.63, 3.8) is 0 Å². The van der Waals surface area contributed by atoms with E-state index in [4.69, 9.17) is 23.1 Å². The molecule has 0 saturated carbocycles. The van der Waals surface area contributed by atoms with Crippen LogP contribution >= 0.6 is 0 Å². The molecule has 6 nitrogen and oxygen atoms in total. The van der Waals surface area contributed by atoms with Crippen LogP contribution in [0.15, 0.2) is 0 Å². The van der Waals surface area contributed by atoms with Crippen LogP contribution in [0.25, 0.3) is 0 Å². The molecule has 0 spiro atoms. The second-order valence-electron chi connectivity index (χ2n) is 3.97. The van der Waals surface area contributed by atoms with Crippen molar-refractivity contribution in [2.45, 2.75) is 45.9 Å². The molecular formula is C12H28O6Si. The Morgan fingerprint density at radius 2 is 1.42 bits per heavy atom. The lowest BCUT2D eigenvalue weighted by atomic mass is 10.4. The van der Waals surface area contributed by atoms with Crippen LogP contribution in [-0.4, -0.2) is 63.9 Å². The Kier molecular flexibility index (Phi) is 10.7. The molecule has 0 radical (unpaired) electrons. The van der Waals surface area contributed by atoms with Crippen molar-refractivity contribution in [2.24, 2.45) is 0 Å². The number of aliphatic hydroxyl groups excluding tert-OH is 2. The summed E-state index contributed by atoms with van der Waals surface area (Å²) >= 11 is 0. The second-order valence-corrected chi connectivity index (χ2v) is 6.69. The van der Waals surface area contributed by atoms with Gasteiger partial charge in [0.05, 0.1) is 13.2 Å². The molecule has 0 saturated heterocycles. The van der Waals surface area contributed by atoms with Crippen molar-refractivity contribution in [1.82, 2.24) is 0 Å². The summed E-state index contributed by atoms with van der Waals surface area (Å²) in [6.07, 6.45) is -0.240. The van der Waals surface area contributed by atoms with Crippen molar-refractivity contribution in [3.8, 4) is 0 Å². The van der Waals surface area contributed by atoms with Gasteiger partial charge in [0.25, 0.3) is 0 Å². The van der Waals surface area contributed by atoms with Gasteiger partial charge in [0, 0.05) is 19.8 Å². The van der Waals surface area contributed by atoms with E-state index < -0.39 is 14.9 Å². The highest BCUT2D eigenvalue weighted by atomic mass is 28.4. The molecule has 116 valence electrons. The molecule has 0 aliphatic carbocycles. The first-order valence-electron chi connectivity index (χ1n) is 6.92. The highest BCUT2D eigenvalue weighted by Crippen LogP contribution is 2.21. The van der Waals surface area contributed by atoms with Gasteiger partial charge in [-0.3, -0.25) is 0 Å². The zero-order valence-corrected chi connectivity index (χ0v) is 13.4. The average molecular weight is 296 g/mol. The van der Waals surface area contributed by atoms with Crippen LogP contribution in [0.1, 0.15) is 34.1 Å². The van der Waals surface area contributed by atoms with Crippen molar-refractivity contribution in [3.05, 3.63) is 0 Å². The minimum absolute atomic E-state index is 0.0387. The molecule has 0 aliphatic rings. The molecule has 0 rings (SSSR count). The van der Waals surface area contributed by atoms with E-state index in [1.54, 1.807) is 0 Å². The Bertz CT molecular complexity index is 199. The summed E-state index contributed by atoms with van der Waals surface area (Å²) in [5.74, 6) is 0. The van der Waals surface area contributed by atoms with Crippen LogP contribution in [0.2, 0.25) is 0 Å². The molecule has 7 heteroatoms. The molecule has 0 bridgehead atoms. The van der Waals surface area contributed by atoms with E-state index in [0.29, 0.717) is 26.2 Å². The van der Waals surface area contributed by atoms with Crippen LogP contribution in [0, 0.1) is 0 Å². The van der Waals surface area contributed by atoms with E-state index in [0.717, 1.165) is 0 Å². The van der Waals surface area contributed by atoms with E-state index >= 15 is 0 Å². The maximum atomic E-state index is 9.38. The fourth-order valence-electron chi connectivity index (χ4n) is 1.76. The fourth-order valence-corrected chi connectivity index (χ4v) is 4.57. The predicted octanol–water partition coefficient (Wildman–Crippen LogP) is 0.722. The maximum Gasteiger partial charge on any atom is 0.531 e. The summed E-state index contributed by atoms with van der Waals surface area (Å²) in [5.41, 5.74) is -0.339. The van der Waals surface area contributed by atoms with Gasteiger partial charge in [-0.1, -0.05) is 6.92 Å². The summed E-state index contributed by atoms with van der Waals surface area (Å²) in [5, 5.41) is 18.2. The monoisotopic (exact) mass is 296 g/mol. The quantitative estimate of drug-likeness (QED) is 0.517. The average Bonchev–Trinajstić information content (AvgIpc) is 2.40. The molecule has 2 N–H and O–H groups in total. The topological polar surface area (TPSA) is 77.4 Å². The lowest BCUT2D eigenvalue weighted by molar-refractivity contribution is -0.0477. The molecule has 0 aromatic rings. The van der Waals surface area contributed by atoms with E-state index in [1.807, 2.05) is 27.7 Å². The maximum absolute atomic E-state index is 9.38. The minimum atomic E-state index is -2.92. The van der Waals surface area contributed by atoms with E-state index in [1.165, 1.54) is 0 Å². The van der Waals surface area contributed by atoms with Crippen LogP contribution in [0.5, 0.6) is 0 Å². The van der Waals surface area contributed by atoms with Crippen molar-refractivity contribution in [2.75, 3.05) is 33.0 Å². The van der Waals surface area contributed by atoms with E-state index in [2.05, 4.69) is 0 Å². The number of hydrogen-bond acceptors (Lipinski definition) is 6. The molecule has 2 unspecified atom stereocenters. The SMILES string of the molecule is CCO[Si](OCC)(OCC)C(CC)OCC(O)CO. The summed E-state index contributed by atoms with van der Waals surface area (Å²) in [4.78, 5) is 0. The molecule has 0 heterocycles. The van der Waals surface area contributed by atoms with E-state index in [-0.39, 0.29) is 18.9 Å². The van der Waals surface area contributed by atoms with Gasteiger partial charge in [0.2, 0.25) is 0 Å². The van der Waals surface area contributed by atoms with Crippen molar-refractivity contribution < 1.29 is 28.2 Å². The van der Waals surface area contributed by atoms with Crippen molar-refractivity contribution in [1.29, 1.82) is 0 Å². The number of rotatable bonds is 12. The minimum Gasteiger partial charge on any atom is -0.394 e. The van der Waals surface area contributed by atoms with Crippen molar-refractivity contribution >= 4 is 8.80 Å². The van der Waals surface area contributed by atoms with Crippen LogP contribution < -0.4 is 0 Å². The molecule has 0 amide bonds. The highest BCUT2D eigenvalue weighted by molar-refractivity contribution is 6.62. The zero-order valence-electron chi connectivity index (χ0n) is 12.4. The Hall–Kier alpha value is -0.0231. The standard InChI is InChI=1S/C12H28O6Si/c1-5-12(15-10-11(14)9-13)19(16-6-2,17-7-3)18-8-4/h11-14H,5-10H2,1-4H3. The Balaban J connectivity index is 4.81. The first-order valence-corrected chi connectivity index (χ1v) is 8.72. The largest absolute Gasteiger partial charge is 0.531 e. The first-order chi connectivity index (χ1) is 9.10. The first kappa shape index (κ1) is 19.0. The number of ether oxygens (including phenoxy) is 1. The third kappa shape index (κ3) is 6.31. The van der Waals surface area contributed by atoms with E-state index in [9.17, 15) is 5.11 Å². The van der Waals surface area contributed by atoms with Crippen LogP contribution in [0.4, 0.5) is 0 Å². The zero-order chi connectivity index (χ0) is 14.7. The van der Waals surface area contributed by atoms with Gasteiger partial charge >= 0.3 is 8.80 Å². The second kappa shape index (κ2) is 10.7. The summed E-state index contributed by atoms with van der Waals surface area (Å²) in [7, 11) is -2.92. The molecular weight excluding hydrogens is 268 g/mol. The third-order valence-corrected chi connectivity index (χ3v) is 5.94. The number of hydrogen-bond donors (Lipinski definition) is 2. The molecule has 0 aromatic heterocycles. The Morgan fingerprint density at radius 1 is 0.947 bits per heavy atom. The molecule has 0 aliphatic heterocycles. The van der Waals surface area contributed by atoms with Crippen LogP contribution in [0.3, 0.4) is 0 Å². The van der Waals surface area contributed by atoms with Crippen LogP contribution in [-0.2, 0) is 18.0 Å². The van der Waals surface area contributed by atoms with Gasteiger partial charge in [0.1, 0.15) is 11.8 Å². The van der Waals surface area contributed by atoms with Gasteiger partial charge in [-0.2, -0.15) is 0 Å². The lowest BCUT2D eigenvalue weighted by Gasteiger charge is -2.34. The summed E-state index contributed by atoms with van der Waals surface area (Å²) in [6, 6.07) is 0. The van der Waals surface area contributed by atoms with Gasteiger partial charge in [-0.15, -0.1) is 0 Å². The lowest BCUT2D eigenvalue weighted by Crippen LogP contribution is -2.58. The normalized spacial score (nSPS) is 15.5. The smallest absolute Gasteiger partial charge is 0.394 e. The van der Waals surface area contributed by atoms with Gasteiger partial charge in [0.15, 0.2) is 0 Å². The fraction of sp³-hybridized carbons (Fsp3) is 1.00. The molecule has 2 atom stereocenters. The molecule has 0 fully saturated rings. The molecule has 0 aromatic carbocycles. The van der Waals surface area contributed by atoms with Gasteiger partial charge in [-0.25, -0.2) is 0 Å². The Morgan fingerprint density at radius 3 is 1.74 bits per heavy atom.